The summed E-state index contributed by atoms with van der Waals surface area (Å²) in [4.78, 5) is 0. The lowest BCUT2D eigenvalue weighted by molar-refractivity contribution is 0.413. The highest BCUT2D eigenvalue weighted by Crippen LogP contribution is 2.55. The van der Waals surface area contributed by atoms with Gasteiger partial charge in [-0.15, -0.1) is 0 Å². The molecular formula is C25H18N2O2. The van der Waals surface area contributed by atoms with Crippen LogP contribution in [0.4, 0.5) is 0 Å². The van der Waals surface area contributed by atoms with Gasteiger partial charge in [-0.3, -0.25) is 0 Å². The van der Waals surface area contributed by atoms with Crippen molar-refractivity contribution in [3.05, 3.63) is 95.1 Å². The molecule has 0 aromatic heterocycles. The first-order valence-corrected chi connectivity index (χ1v) is 9.14. The van der Waals surface area contributed by atoms with Crippen LogP contribution in [0.25, 0.3) is 11.1 Å². The topological polar surface area (TPSA) is 66.0 Å². The van der Waals surface area contributed by atoms with Crippen molar-refractivity contribution in [1.82, 2.24) is 0 Å². The third-order valence-electron chi connectivity index (χ3n) is 5.39. The van der Waals surface area contributed by atoms with E-state index in [2.05, 4.69) is 12.1 Å². The maximum atomic E-state index is 10.6. The van der Waals surface area contributed by atoms with Gasteiger partial charge < -0.3 is 9.47 Å². The molecule has 3 aromatic rings. The van der Waals surface area contributed by atoms with Gasteiger partial charge in [0.15, 0.2) is 0 Å². The van der Waals surface area contributed by atoms with Gasteiger partial charge in [0.05, 0.1) is 25.9 Å². The summed E-state index contributed by atoms with van der Waals surface area (Å²) in [5.41, 5.74) is 3.19. The van der Waals surface area contributed by atoms with Crippen LogP contribution in [0.5, 0.6) is 11.5 Å². The minimum Gasteiger partial charge on any atom is -0.497 e. The van der Waals surface area contributed by atoms with E-state index in [1.165, 1.54) is 0 Å². The van der Waals surface area contributed by atoms with Crippen molar-refractivity contribution in [3.63, 3.8) is 0 Å². The van der Waals surface area contributed by atoms with Gasteiger partial charge in [0.25, 0.3) is 0 Å². The largest absolute Gasteiger partial charge is 0.497 e. The van der Waals surface area contributed by atoms with Gasteiger partial charge in [0, 0.05) is 5.57 Å². The second-order valence-electron chi connectivity index (χ2n) is 6.73. The Labute approximate surface area is 169 Å². The van der Waals surface area contributed by atoms with Gasteiger partial charge in [-0.05, 0) is 52.6 Å². The number of rotatable bonds is 4. The molecule has 4 nitrogen and oxygen atoms in total. The van der Waals surface area contributed by atoms with Gasteiger partial charge in [-0.2, -0.15) is 10.5 Å². The lowest BCUT2D eigenvalue weighted by Gasteiger charge is -2.28. The first-order valence-electron chi connectivity index (χ1n) is 9.14. The number of allylic oxidation sites excluding steroid dienone is 2. The number of nitrogens with zero attached hydrogens (tertiary/aromatic N) is 2. The summed E-state index contributed by atoms with van der Waals surface area (Å²) in [5, 5.41) is 20.6. The van der Waals surface area contributed by atoms with E-state index in [1.54, 1.807) is 14.2 Å². The summed E-state index contributed by atoms with van der Waals surface area (Å²) >= 11 is 0. The zero-order valence-corrected chi connectivity index (χ0v) is 16.1. The lowest BCUT2D eigenvalue weighted by Crippen LogP contribution is -2.25. The molecule has 1 unspecified atom stereocenters. The highest BCUT2D eigenvalue weighted by Gasteiger charge is 2.48. The van der Waals surface area contributed by atoms with E-state index in [0.717, 1.165) is 22.3 Å². The van der Waals surface area contributed by atoms with Crippen molar-refractivity contribution < 1.29 is 9.47 Å². The molecule has 1 atom stereocenters. The van der Waals surface area contributed by atoms with Crippen molar-refractivity contribution in [2.75, 3.05) is 14.2 Å². The van der Waals surface area contributed by atoms with Crippen molar-refractivity contribution in [2.45, 2.75) is 5.41 Å². The minimum atomic E-state index is -1.14. The first-order chi connectivity index (χ1) is 14.2. The number of hydrogen-bond acceptors (Lipinski definition) is 4. The molecule has 0 spiro atoms. The van der Waals surface area contributed by atoms with Crippen LogP contribution in [-0.2, 0) is 5.41 Å². The zero-order chi connectivity index (χ0) is 20.4. The molecule has 140 valence electrons. The summed E-state index contributed by atoms with van der Waals surface area (Å²) in [6.07, 6.45) is 0. The molecule has 0 aliphatic heterocycles. The third kappa shape index (κ3) is 2.66. The maximum absolute atomic E-state index is 10.6. The number of hydrogen-bond donors (Lipinski definition) is 0. The molecule has 4 heteroatoms. The molecule has 0 radical (unpaired) electrons. The Balaban J connectivity index is 2.11. The van der Waals surface area contributed by atoms with Gasteiger partial charge >= 0.3 is 0 Å². The van der Waals surface area contributed by atoms with E-state index in [1.807, 2.05) is 72.8 Å². The maximum Gasteiger partial charge on any atom is 0.135 e. The molecule has 0 fully saturated rings. The average Bonchev–Trinajstić information content (AvgIpc) is 3.09. The quantitative estimate of drug-likeness (QED) is 0.643. The Hall–Kier alpha value is -4.02. The third-order valence-corrected chi connectivity index (χ3v) is 5.39. The summed E-state index contributed by atoms with van der Waals surface area (Å²) < 4.78 is 10.7. The Bertz CT molecular complexity index is 1180. The molecular weight excluding hydrogens is 360 g/mol. The Morgan fingerprint density at radius 3 is 2.03 bits per heavy atom. The Kier molecular flexibility index (Phi) is 4.55. The summed E-state index contributed by atoms with van der Waals surface area (Å²) in [5.74, 6) is 1.35. The number of fused-ring (bicyclic) bond motifs is 1. The number of ether oxygens (including phenoxy) is 2. The lowest BCUT2D eigenvalue weighted by atomic mass is 9.70. The van der Waals surface area contributed by atoms with Gasteiger partial charge in [0.2, 0.25) is 0 Å². The Morgan fingerprint density at radius 1 is 0.793 bits per heavy atom. The predicted octanol–water partition coefficient (Wildman–Crippen LogP) is 4.96. The van der Waals surface area contributed by atoms with Crippen LogP contribution < -0.4 is 9.47 Å². The summed E-state index contributed by atoms with van der Waals surface area (Å²) in [6.45, 7) is 0. The van der Waals surface area contributed by atoms with Gasteiger partial charge in [-0.25, -0.2) is 0 Å². The van der Waals surface area contributed by atoms with E-state index in [4.69, 9.17) is 9.47 Å². The van der Waals surface area contributed by atoms with Crippen LogP contribution in [0.3, 0.4) is 0 Å². The number of methoxy groups -OCH3 is 2. The molecule has 0 N–H and O–H groups in total. The second kappa shape index (κ2) is 7.19. The first kappa shape index (κ1) is 18.3. The molecule has 1 aliphatic rings. The minimum absolute atomic E-state index is 0.506. The molecule has 0 amide bonds. The van der Waals surface area contributed by atoms with Crippen LogP contribution in [0, 0.1) is 22.7 Å². The van der Waals surface area contributed by atoms with E-state index in [0.29, 0.717) is 22.6 Å². The normalized spacial score (nSPS) is 17.2. The van der Waals surface area contributed by atoms with Crippen LogP contribution in [0.15, 0.2) is 72.8 Å². The van der Waals surface area contributed by atoms with Crippen LogP contribution in [0.2, 0.25) is 0 Å². The van der Waals surface area contributed by atoms with Gasteiger partial charge in [-0.1, -0.05) is 42.5 Å². The smallest absolute Gasteiger partial charge is 0.135 e. The molecule has 1 aliphatic carbocycles. The van der Waals surface area contributed by atoms with Gasteiger partial charge in [0.1, 0.15) is 23.0 Å². The zero-order valence-electron chi connectivity index (χ0n) is 16.1. The molecule has 3 aromatic carbocycles. The molecule has 0 bridgehead atoms. The highest BCUT2D eigenvalue weighted by atomic mass is 16.5. The van der Waals surface area contributed by atoms with Crippen LogP contribution >= 0.6 is 0 Å². The fourth-order valence-electron chi connectivity index (χ4n) is 4.04. The SMILES string of the molecule is COc1ccc(C2(C#N)C(c3ccccc3)=C(C#N)c3ccc(OC)cc32)cc1. The van der Waals surface area contributed by atoms with E-state index in [9.17, 15) is 10.5 Å². The highest BCUT2D eigenvalue weighted by molar-refractivity contribution is 6.09. The molecule has 29 heavy (non-hydrogen) atoms. The van der Waals surface area contributed by atoms with Crippen LogP contribution in [-0.4, -0.2) is 14.2 Å². The summed E-state index contributed by atoms with van der Waals surface area (Å²) in [7, 11) is 3.20. The number of nitriles is 2. The summed E-state index contributed by atoms with van der Waals surface area (Å²) in [6, 6.07) is 27.5. The fraction of sp³-hybridized carbons (Fsp3) is 0.120. The van der Waals surface area contributed by atoms with E-state index in [-0.39, 0.29) is 0 Å². The average molecular weight is 378 g/mol. The standard InChI is InChI=1S/C25H18N2O2/c1-28-19-10-8-18(9-11-19)25(16-27)23-14-20(29-2)12-13-21(23)22(15-26)24(25)17-6-4-3-5-7-17/h3-14H,1-2H3. The predicted molar refractivity (Wildman–Crippen MR) is 111 cm³/mol. The molecule has 0 saturated carbocycles. The molecule has 0 heterocycles. The van der Waals surface area contributed by atoms with E-state index >= 15 is 0 Å². The van der Waals surface area contributed by atoms with Crippen molar-refractivity contribution >= 4 is 11.1 Å². The van der Waals surface area contributed by atoms with Crippen molar-refractivity contribution in [2.24, 2.45) is 0 Å². The Morgan fingerprint density at radius 2 is 1.45 bits per heavy atom. The van der Waals surface area contributed by atoms with Crippen LogP contribution in [0.1, 0.15) is 22.3 Å². The monoisotopic (exact) mass is 378 g/mol. The van der Waals surface area contributed by atoms with Crippen molar-refractivity contribution in [3.8, 4) is 23.6 Å². The van der Waals surface area contributed by atoms with E-state index < -0.39 is 5.41 Å². The molecule has 4 rings (SSSR count). The number of benzene rings is 3. The van der Waals surface area contributed by atoms with Crippen molar-refractivity contribution in [1.29, 1.82) is 10.5 Å². The fourth-order valence-corrected chi connectivity index (χ4v) is 4.04. The molecule has 0 saturated heterocycles. The second-order valence-corrected chi connectivity index (χ2v) is 6.73.